The van der Waals surface area contributed by atoms with Gasteiger partial charge < -0.3 is 15.1 Å². The zero-order valence-electron chi connectivity index (χ0n) is 20.6. The van der Waals surface area contributed by atoms with Crippen LogP contribution in [0.25, 0.3) is 22.2 Å². The molecule has 0 bridgehead atoms. The van der Waals surface area contributed by atoms with Crippen molar-refractivity contribution in [2.24, 2.45) is 0 Å². The smallest absolute Gasteiger partial charge is 0.255 e. The number of halogens is 1. The van der Waals surface area contributed by atoms with Crippen molar-refractivity contribution in [2.75, 3.05) is 41.3 Å². The van der Waals surface area contributed by atoms with E-state index >= 15 is 0 Å². The molecular weight excluding hydrogens is 479 g/mol. The van der Waals surface area contributed by atoms with E-state index in [1.54, 1.807) is 6.07 Å². The Morgan fingerprint density at radius 1 is 0.789 bits per heavy atom. The second kappa shape index (κ2) is 10.3. The summed E-state index contributed by atoms with van der Waals surface area (Å²) in [4.78, 5) is 30.7. The summed E-state index contributed by atoms with van der Waals surface area (Å²) in [6.07, 6.45) is 5.50. The fourth-order valence-corrected chi connectivity index (χ4v) is 4.66. The van der Waals surface area contributed by atoms with Crippen LogP contribution in [0.2, 0.25) is 0 Å². The molecule has 0 unspecified atom stereocenters. The molecule has 5 aromatic rings. The van der Waals surface area contributed by atoms with Crippen LogP contribution in [0, 0.1) is 5.82 Å². The van der Waals surface area contributed by atoms with Crippen LogP contribution in [-0.4, -0.2) is 47.0 Å². The summed E-state index contributed by atoms with van der Waals surface area (Å²) in [7, 11) is 0. The second-order valence-electron chi connectivity index (χ2n) is 9.15. The van der Waals surface area contributed by atoms with Crippen molar-refractivity contribution in [1.82, 2.24) is 15.0 Å². The van der Waals surface area contributed by atoms with Crippen molar-refractivity contribution in [3.05, 3.63) is 109 Å². The molecule has 188 valence electrons. The molecular formula is C30H25FN6O. The van der Waals surface area contributed by atoms with E-state index in [-0.39, 0.29) is 11.5 Å². The molecule has 0 saturated carbocycles. The standard InChI is InChI=1S/C30H25FN6O/c31-24-3-1-2-23(18-24)30(38)34-25-7-4-21(5-8-25)22-6-9-27-28(19-22)35-29(20-33-27)37-16-14-36(15-17-37)26-10-12-32-13-11-26/h1-13,18-20H,14-17H2,(H,34,38). The first-order valence-corrected chi connectivity index (χ1v) is 12.5. The highest BCUT2D eigenvalue weighted by atomic mass is 19.1. The van der Waals surface area contributed by atoms with E-state index in [2.05, 4.69) is 25.1 Å². The number of pyridine rings is 1. The maximum absolute atomic E-state index is 13.4. The van der Waals surface area contributed by atoms with Crippen LogP contribution in [0.3, 0.4) is 0 Å². The van der Waals surface area contributed by atoms with Crippen molar-refractivity contribution in [3.63, 3.8) is 0 Å². The van der Waals surface area contributed by atoms with Crippen LogP contribution in [0.15, 0.2) is 97.5 Å². The highest BCUT2D eigenvalue weighted by Crippen LogP contribution is 2.26. The Balaban J connectivity index is 1.16. The molecule has 0 atom stereocenters. The number of fused-ring (bicyclic) bond motifs is 1. The second-order valence-corrected chi connectivity index (χ2v) is 9.15. The van der Waals surface area contributed by atoms with Crippen LogP contribution in [0.4, 0.5) is 21.6 Å². The van der Waals surface area contributed by atoms with Gasteiger partial charge >= 0.3 is 0 Å². The predicted octanol–water partition coefficient (Wildman–Crippen LogP) is 5.41. The minimum atomic E-state index is -0.442. The quantitative estimate of drug-likeness (QED) is 0.345. The molecule has 0 radical (unpaired) electrons. The molecule has 0 aliphatic carbocycles. The molecule has 0 spiro atoms. The lowest BCUT2D eigenvalue weighted by Crippen LogP contribution is -2.46. The summed E-state index contributed by atoms with van der Waals surface area (Å²) in [5.41, 5.74) is 5.78. The van der Waals surface area contributed by atoms with E-state index in [0.717, 1.165) is 54.2 Å². The van der Waals surface area contributed by atoms with Crippen molar-refractivity contribution in [3.8, 4) is 11.1 Å². The van der Waals surface area contributed by atoms with Crippen LogP contribution >= 0.6 is 0 Å². The lowest BCUT2D eigenvalue weighted by atomic mass is 10.0. The van der Waals surface area contributed by atoms with Crippen LogP contribution in [-0.2, 0) is 0 Å². The molecule has 6 rings (SSSR count). The summed E-state index contributed by atoms with van der Waals surface area (Å²) >= 11 is 0. The molecule has 1 amide bonds. The van der Waals surface area contributed by atoms with Gasteiger partial charge in [-0.15, -0.1) is 0 Å². The van der Waals surface area contributed by atoms with E-state index in [1.165, 1.54) is 23.9 Å². The number of nitrogens with one attached hydrogen (secondary N) is 1. The molecule has 8 heteroatoms. The predicted molar refractivity (Wildman–Crippen MR) is 148 cm³/mol. The Kier molecular flexibility index (Phi) is 6.35. The lowest BCUT2D eigenvalue weighted by Gasteiger charge is -2.36. The molecule has 38 heavy (non-hydrogen) atoms. The number of carbonyl (C=O) groups is 1. The number of aromatic nitrogens is 3. The van der Waals surface area contributed by atoms with Gasteiger partial charge in [-0.25, -0.2) is 9.37 Å². The van der Waals surface area contributed by atoms with Crippen molar-refractivity contribution in [2.45, 2.75) is 0 Å². The van der Waals surface area contributed by atoms with Crippen molar-refractivity contribution < 1.29 is 9.18 Å². The molecule has 3 aromatic carbocycles. The maximum atomic E-state index is 13.4. The van der Waals surface area contributed by atoms with Gasteiger partial charge in [0.1, 0.15) is 11.6 Å². The van der Waals surface area contributed by atoms with Crippen molar-refractivity contribution in [1.29, 1.82) is 0 Å². The highest BCUT2D eigenvalue weighted by molar-refractivity contribution is 6.04. The maximum Gasteiger partial charge on any atom is 0.255 e. The number of anilines is 3. The number of benzene rings is 3. The van der Waals surface area contributed by atoms with Gasteiger partial charge in [0.2, 0.25) is 0 Å². The zero-order valence-corrected chi connectivity index (χ0v) is 20.6. The van der Waals surface area contributed by atoms with Crippen LogP contribution in [0.1, 0.15) is 10.4 Å². The van der Waals surface area contributed by atoms with Crippen LogP contribution < -0.4 is 15.1 Å². The lowest BCUT2D eigenvalue weighted by molar-refractivity contribution is 0.102. The Morgan fingerprint density at radius 3 is 2.29 bits per heavy atom. The monoisotopic (exact) mass is 504 g/mol. The molecule has 1 aliphatic heterocycles. The molecule has 7 nitrogen and oxygen atoms in total. The topological polar surface area (TPSA) is 74.2 Å². The Labute approximate surface area is 219 Å². The first kappa shape index (κ1) is 23.5. The highest BCUT2D eigenvalue weighted by Gasteiger charge is 2.19. The van der Waals surface area contributed by atoms with Gasteiger partial charge in [0.15, 0.2) is 0 Å². The number of rotatable bonds is 5. The molecule has 1 fully saturated rings. The number of hydrogen-bond acceptors (Lipinski definition) is 6. The number of carbonyl (C=O) groups excluding carboxylic acids is 1. The average Bonchev–Trinajstić information content (AvgIpc) is 2.97. The Bertz CT molecular complexity index is 1580. The van der Waals surface area contributed by atoms with Crippen LogP contribution in [0.5, 0.6) is 0 Å². The number of piperazine rings is 1. The summed E-state index contributed by atoms with van der Waals surface area (Å²) < 4.78 is 13.4. The van der Waals surface area contributed by atoms with Gasteiger partial charge in [0.25, 0.3) is 5.91 Å². The van der Waals surface area contributed by atoms with E-state index in [1.807, 2.05) is 73.2 Å². The Hall–Kier alpha value is -4.85. The summed E-state index contributed by atoms with van der Waals surface area (Å²) in [5, 5.41) is 2.81. The normalized spacial score (nSPS) is 13.5. The van der Waals surface area contributed by atoms with Gasteiger partial charge in [-0.05, 0) is 65.7 Å². The fourth-order valence-electron chi connectivity index (χ4n) is 4.66. The summed E-state index contributed by atoms with van der Waals surface area (Å²) in [6, 6.07) is 23.3. The summed E-state index contributed by atoms with van der Waals surface area (Å²) in [6.45, 7) is 3.55. The third-order valence-electron chi connectivity index (χ3n) is 6.72. The molecule has 1 aliphatic rings. The Morgan fingerprint density at radius 2 is 1.53 bits per heavy atom. The number of nitrogens with zero attached hydrogens (tertiary/aromatic N) is 5. The van der Waals surface area contributed by atoms with Gasteiger partial charge in [-0.2, -0.15) is 0 Å². The molecule has 1 saturated heterocycles. The van der Waals surface area contributed by atoms with E-state index < -0.39 is 5.82 Å². The van der Waals surface area contributed by atoms with Gasteiger partial charge in [-0.3, -0.25) is 14.8 Å². The minimum Gasteiger partial charge on any atom is -0.368 e. The molecule has 1 N–H and O–H groups in total. The summed E-state index contributed by atoms with van der Waals surface area (Å²) in [5.74, 6) is 0.0783. The molecule has 2 aromatic heterocycles. The average molecular weight is 505 g/mol. The minimum absolute atomic E-state index is 0.275. The number of amides is 1. The number of hydrogen-bond donors (Lipinski definition) is 1. The largest absolute Gasteiger partial charge is 0.368 e. The fraction of sp³-hybridized carbons (Fsp3) is 0.133. The van der Waals surface area contributed by atoms with E-state index in [4.69, 9.17) is 4.98 Å². The first-order chi connectivity index (χ1) is 18.6. The van der Waals surface area contributed by atoms with Crippen molar-refractivity contribution >= 4 is 34.1 Å². The first-order valence-electron chi connectivity index (χ1n) is 12.5. The third-order valence-corrected chi connectivity index (χ3v) is 6.72. The molecule has 3 heterocycles. The van der Waals surface area contributed by atoms with Gasteiger partial charge in [-0.1, -0.05) is 24.3 Å². The van der Waals surface area contributed by atoms with Gasteiger partial charge in [0, 0.05) is 55.5 Å². The zero-order chi connectivity index (χ0) is 25.9. The SMILES string of the molecule is O=C(Nc1ccc(-c2ccc3ncc(N4CCN(c5ccncc5)CC4)nc3c2)cc1)c1cccc(F)c1. The van der Waals surface area contributed by atoms with Gasteiger partial charge in [0.05, 0.1) is 17.2 Å². The third kappa shape index (κ3) is 5.01. The van der Waals surface area contributed by atoms with E-state index in [0.29, 0.717) is 5.69 Å². The van der Waals surface area contributed by atoms with E-state index in [9.17, 15) is 9.18 Å².